The molecule has 0 aromatic rings. The molecule has 4 aliphatic carbocycles. The first-order valence-electron chi connectivity index (χ1n) is 9.26. The van der Waals surface area contributed by atoms with E-state index in [1.807, 2.05) is 0 Å². The Bertz CT molecular complexity index is 598. The smallest absolute Gasteiger partial charge is 0.130 e. The number of hydrogen-bond donors (Lipinski definition) is 2. The van der Waals surface area contributed by atoms with Crippen molar-refractivity contribution in [2.75, 3.05) is 0 Å². The summed E-state index contributed by atoms with van der Waals surface area (Å²) in [4.78, 5) is 0. The molecule has 4 saturated carbocycles. The lowest BCUT2D eigenvalue weighted by molar-refractivity contribution is -0.0964. The molecule has 0 aromatic carbocycles. The van der Waals surface area contributed by atoms with Gasteiger partial charge in [0, 0.05) is 5.41 Å². The summed E-state index contributed by atoms with van der Waals surface area (Å²) in [5, 5.41) is 21.5. The molecule has 0 amide bonds. The predicted molar refractivity (Wildman–Crippen MR) is 90.1 cm³/mol. The molecule has 2 N–H and O–H groups in total. The van der Waals surface area contributed by atoms with E-state index < -0.39 is 11.2 Å². The zero-order valence-corrected chi connectivity index (χ0v) is 14.1. The molecular weight excluding hydrogens is 284 g/mol. The second-order valence-corrected chi connectivity index (χ2v) is 9.02. The second kappa shape index (κ2) is 4.78. The fourth-order valence-corrected chi connectivity index (χ4v) is 7.08. The highest BCUT2D eigenvalue weighted by Gasteiger charge is 2.63. The summed E-state index contributed by atoms with van der Waals surface area (Å²) in [6, 6.07) is 0. The van der Waals surface area contributed by atoms with Crippen molar-refractivity contribution in [1.82, 2.24) is 0 Å². The normalized spacial score (nSPS) is 57.7. The Morgan fingerprint density at radius 2 is 1.65 bits per heavy atom. The summed E-state index contributed by atoms with van der Waals surface area (Å²) >= 11 is 0. The van der Waals surface area contributed by atoms with Gasteiger partial charge in [0.1, 0.15) is 11.2 Å². The van der Waals surface area contributed by atoms with Gasteiger partial charge in [-0.05, 0) is 81.0 Å². The molecule has 6 unspecified atom stereocenters. The van der Waals surface area contributed by atoms with Gasteiger partial charge in [0.15, 0.2) is 0 Å². The summed E-state index contributed by atoms with van der Waals surface area (Å²) in [5.41, 5.74) is -1.92. The van der Waals surface area contributed by atoms with Gasteiger partial charge in [-0.1, -0.05) is 18.8 Å². The molecule has 4 aliphatic rings. The Hall–Kier alpha value is -0.960. The number of aliphatic hydroxyl groups is 2. The minimum Gasteiger partial charge on any atom is -0.378 e. The first kappa shape index (κ1) is 15.6. The van der Waals surface area contributed by atoms with Crippen LogP contribution in [0.2, 0.25) is 0 Å². The molecule has 4 rings (SSSR count). The molecule has 4 fully saturated rings. The van der Waals surface area contributed by atoms with Gasteiger partial charge in [-0.25, -0.2) is 0 Å². The van der Waals surface area contributed by atoms with E-state index in [0.29, 0.717) is 29.6 Å². The van der Waals surface area contributed by atoms with Gasteiger partial charge in [-0.2, -0.15) is 0 Å². The molecule has 23 heavy (non-hydrogen) atoms. The lowest BCUT2D eigenvalue weighted by Crippen LogP contribution is -2.52. The molecule has 2 nitrogen and oxygen atoms in total. The van der Waals surface area contributed by atoms with Crippen LogP contribution >= 0.6 is 0 Å². The molecular formula is C21H28O2. The van der Waals surface area contributed by atoms with E-state index in [-0.39, 0.29) is 5.41 Å². The molecule has 2 heteroatoms. The lowest BCUT2D eigenvalue weighted by atomic mass is 9.51. The van der Waals surface area contributed by atoms with E-state index in [2.05, 4.69) is 18.8 Å². The quantitative estimate of drug-likeness (QED) is 0.675. The molecule has 0 aliphatic heterocycles. The first-order chi connectivity index (χ1) is 10.9. The van der Waals surface area contributed by atoms with Crippen molar-refractivity contribution < 1.29 is 10.2 Å². The Balaban J connectivity index is 1.62. The maximum Gasteiger partial charge on any atom is 0.130 e. The highest BCUT2D eigenvalue weighted by molar-refractivity contribution is 5.24. The van der Waals surface area contributed by atoms with Crippen molar-refractivity contribution >= 4 is 0 Å². The maximum atomic E-state index is 11.0. The molecule has 124 valence electrons. The zero-order chi connectivity index (χ0) is 16.5. The van der Waals surface area contributed by atoms with E-state index in [1.165, 1.54) is 12.8 Å². The van der Waals surface area contributed by atoms with Crippen LogP contribution in [0.5, 0.6) is 0 Å². The summed E-state index contributed by atoms with van der Waals surface area (Å²) in [6.07, 6.45) is 19.2. The third kappa shape index (κ3) is 1.92. The van der Waals surface area contributed by atoms with Crippen LogP contribution in [0.4, 0.5) is 0 Å². The van der Waals surface area contributed by atoms with Crippen LogP contribution in [0.3, 0.4) is 0 Å². The highest BCUT2D eigenvalue weighted by Crippen LogP contribution is 2.66. The largest absolute Gasteiger partial charge is 0.378 e. The number of terminal acetylenes is 2. The van der Waals surface area contributed by atoms with Crippen LogP contribution < -0.4 is 0 Å². The van der Waals surface area contributed by atoms with Crippen molar-refractivity contribution in [3.8, 4) is 24.7 Å². The first-order valence-corrected chi connectivity index (χ1v) is 9.26. The third-order valence-electron chi connectivity index (χ3n) is 8.35. The van der Waals surface area contributed by atoms with Crippen LogP contribution in [0.1, 0.15) is 58.3 Å². The minimum absolute atomic E-state index is 0.128. The maximum absolute atomic E-state index is 11.0. The van der Waals surface area contributed by atoms with Crippen LogP contribution in [-0.4, -0.2) is 21.4 Å². The molecule has 0 radical (unpaired) electrons. The van der Waals surface area contributed by atoms with Crippen molar-refractivity contribution in [3.63, 3.8) is 0 Å². The monoisotopic (exact) mass is 312 g/mol. The fraction of sp³-hybridized carbons (Fsp3) is 0.810. The van der Waals surface area contributed by atoms with E-state index in [9.17, 15) is 10.2 Å². The minimum atomic E-state index is -0.922. The molecule has 8 atom stereocenters. The molecule has 0 bridgehead atoms. The van der Waals surface area contributed by atoms with Crippen molar-refractivity contribution in [2.24, 2.45) is 35.0 Å². The Kier molecular flexibility index (Phi) is 3.23. The predicted octanol–water partition coefficient (Wildman–Crippen LogP) is 2.98. The zero-order valence-electron chi connectivity index (χ0n) is 14.1. The fourth-order valence-electron chi connectivity index (χ4n) is 7.08. The van der Waals surface area contributed by atoms with Gasteiger partial charge in [0.05, 0.1) is 0 Å². The van der Waals surface area contributed by atoms with Crippen molar-refractivity contribution in [2.45, 2.75) is 69.5 Å². The Morgan fingerprint density at radius 3 is 2.35 bits per heavy atom. The number of fused-ring (bicyclic) bond motifs is 5. The SMILES string of the molecule is C#CC1(O)CC2CCC3C(CCC4(C)[C@H]3CC[C@@]4(O)C#C)C2C1. The number of rotatable bonds is 0. The molecule has 0 saturated heterocycles. The van der Waals surface area contributed by atoms with E-state index in [0.717, 1.165) is 38.5 Å². The van der Waals surface area contributed by atoms with Crippen LogP contribution in [-0.2, 0) is 0 Å². The summed E-state index contributed by atoms with van der Waals surface area (Å²) in [5.74, 6) is 8.39. The molecule has 0 heterocycles. The molecule has 0 aromatic heterocycles. The average molecular weight is 312 g/mol. The van der Waals surface area contributed by atoms with Crippen LogP contribution in [0, 0.1) is 59.7 Å². The van der Waals surface area contributed by atoms with Crippen molar-refractivity contribution in [3.05, 3.63) is 0 Å². The van der Waals surface area contributed by atoms with E-state index >= 15 is 0 Å². The van der Waals surface area contributed by atoms with Crippen LogP contribution in [0.15, 0.2) is 0 Å². The van der Waals surface area contributed by atoms with E-state index in [1.54, 1.807) is 0 Å². The summed E-state index contributed by atoms with van der Waals surface area (Å²) in [7, 11) is 0. The van der Waals surface area contributed by atoms with E-state index in [4.69, 9.17) is 12.8 Å². The van der Waals surface area contributed by atoms with Gasteiger partial charge in [0.2, 0.25) is 0 Å². The van der Waals surface area contributed by atoms with Gasteiger partial charge in [-0.15, -0.1) is 12.8 Å². The Labute approximate surface area is 140 Å². The topological polar surface area (TPSA) is 40.5 Å². The van der Waals surface area contributed by atoms with Gasteiger partial charge >= 0.3 is 0 Å². The number of hydrogen-bond acceptors (Lipinski definition) is 2. The highest BCUT2D eigenvalue weighted by atomic mass is 16.3. The van der Waals surface area contributed by atoms with Gasteiger partial charge in [0.25, 0.3) is 0 Å². The summed E-state index contributed by atoms with van der Waals surface area (Å²) < 4.78 is 0. The lowest BCUT2D eigenvalue weighted by Gasteiger charge is -2.54. The van der Waals surface area contributed by atoms with Crippen molar-refractivity contribution in [1.29, 1.82) is 0 Å². The standard InChI is InChI=1S/C21H28O2/c1-4-20(22)12-14-6-7-16-15(17(14)13-20)8-10-19(3)18(16)9-11-21(19,23)5-2/h1-2,14-18,22-23H,6-13H2,3H3/t14?,15?,16?,17?,18-,19?,20?,21-/m0/s1. The third-order valence-corrected chi connectivity index (χ3v) is 8.35. The molecule has 0 spiro atoms. The summed E-state index contributed by atoms with van der Waals surface area (Å²) in [6.45, 7) is 2.22. The van der Waals surface area contributed by atoms with Crippen LogP contribution in [0.25, 0.3) is 0 Å². The second-order valence-electron chi connectivity index (χ2n) is 9.02. The average Bonchev–Trinajstić information content (AvgIpc) is 3.03. The van der Waals surface area contributed by atoms with Gasteiger partial charge < -0.3 is 10.2 Å². The Morgan fingerprint density at radius 1 is 0.870 bits per heavy atom. The van der Waals surface area contributed by atoms with Gasteiger partial charge in [-0.3, -0.25) is 0 Å².